The molecule has 0 amide bonds. The summed E-state index contributed by atoms with van der Waals surface area (Å²) in [5.41, 5.74) is 2.35. The first-order valence-corrected chi connectivity index (χ1v) is 7.62. The largest absolute Gasteiger partial charge is 0.306 e. The van der Waals surface area contributed by atoms with Gasteiger partial charge in [0, 0.05) is 23.7 Å². The van der Waals surface area contributed by atoms with Crippen molar-refractivity contribution < 1.29 is 4.39 Å². The van der Waals surface area contributed by atoms with Crippen molar-refractivity contribution in [1.29, 1.82) is 0 Å². The van der Waals surface area contributed by atoms with Crippen LogP contribution in [0.5, 0.6) is 0 Å². The molecule has 1 saturated carbocycles. The molecule has 104 valence electrons. The number of rotatable bonds is 0. The summed E-state index contributed by atoms with van der Waals surface area (Å²) in [6, 6.07) is 5.38. The second kappa shape index (κ2) is 4.40. The van der Waals surface area contributed by atoms with Crippen LogP contribution in [0.2, 0.25) is 0 Å². The predicted molar refractivity (Wildman–Crippen MR) is 78.6 cm³/mol. The van der Waals surface area contributed by atoms with E-state index in [-0.39, 0.29) is 11.2 Å². The van der Waals surface area contributed by atoms with Crippen LogP contribution in [0.15, 0.2) is 24.4 Å². The molecule has 2 heterocycles. The van der Waals surface area contributed by atoms with Crippen LogP contribution in [0, 0.1) is 5.82 Å². The van der Waals surface area contributed by atoms with Crippen molar-refractivity contribution in [2.45, 2.75) is 36.6 Å². The monoisotopic (exact) mass is 290 g/mol. The van der Waals surface area contributed by atoms with Gasteiger partial charge in [-0.3, -0.25) is 4.98 Å². The quantitative estimate of drug-likeness (QED) is 0.751. The predicted octanol–water partition coefficient (Wildman–Crippen LogP) is 3.51. The second-order valence-corrected chi connectivity index (χ2v) is 6.32. The van der Waals surface area contributed by atoms with E-state index >= 15 is 0 Å². The van der Waals surface area contributed by atoms with Gasteiger partial charge < -0.3 is 5.32 Å². The molecule has 1 N–H and O–H groups in total. The Kier molecular flexibility index (Phi) is 2.76. The smallest absolute Gasteiger partial charge is 0.129 e. The van der Waals surface area contributed by atoms with E-state index in [0.29, 0.717) is 0 Å². The number of aromatic nitrogens is 1. The van der Waals surface area contributed by atoms with Crippen molar-refractivity contribution in [3.8, 4) is 0 Å². The third-order valence-electron chi connectivity index (χ3n) is 4.77. The maximum Gasteiger partial charge on any atom is 0.129 e. The van der Waals surface area contributed by atoms with Crippen LogP contribution in [0.25, 0.3) is 10.9 Å². The van der Waals surface area contributed by atoms with Crippen LogP contribution in [-0.4, -0.2) is 16.9 Å². The van der Waals surface area contributed by atoms with Crippen molar-refractivity contribution in [2.24, 2.45) is 0 Å². The molecule has 1 aliphatic heterocycles. The Bertz CT molecular complexity index is 687. The van der Waals surface area contributed by atoms with Gasteiger partial charge in [-0.1, -0.05) is 6.07 Å². The molecule has 20 heavy (non-hydrogen) atoms. The molecule has 2 aliphatic rings. The Morgan fingerprint density at radius 1 is 1.45 bits per heavy atom. The summed E-state index contributed by atoms with van der Waals surface area (Å²) in [5.74, 6) is -0.139. The fourth-order valence-corrected chi connectivity index (χ4v) is 4.38. The summed E-state index contributed by atoms with van der Waals surface area (Å²) in [7, 11) is 0. The highest BCUT2D eigenvalue weighted by atomic mass is 35.5. The average molecular weight is 291 g/mol. The Morgan fingerprint density at radius 2 is 2.35 bits per heavy atom. The molecule has 4 rings (SSSR count). The number of fused-ring (bicyclic) bond motifs is 4. The molecule has 0 bridgehead atoms. The van der Waals surface area contributed by atoms with E-state index in [2.05, 4.69) is 10.3 Å². The second-order valence-electron chi connectivity index (χ2n) is 5.79. The normalized spacial score (nSPS) is 29.0. The van der Waals surface area contributed by atoms with Gasteiger partial charge >= 0.3 is 0 Å². The van der Waals surface area contributed by atoms with Gasteiger partial charge in [0.2, 0.25) is 0 Å². The van der Waals surface area contributed by atoms with Gasteiger partial charge in [-0.2, -0.15) is 0 Å². The highest BCUT2D eigenvalue weighted by molar-refractivity contribution is 6.21. The van der Waals surface area contributed by atoms with E-state index in [1.165, 1.54) is 0 Å². The van der Waals surface area contributed by atoms with Crippen LogP contribution in [0.3, 0.4) is 0 Å². The molecule has 1 aliphatic carbocycles. The first kappa shape index (κ1) is 12.5. The maximum atomic E-state index is 14.7. The molecule has 1 spiro atoms. The standard InChI is InChI=1S/C16H16ClFN2/c17-13-4-1-6-16(13)14-11(5-8-20-16)15-10(9-12(14)18)3-2-7-19-15/h2-3,7,9,13,20H,1,4-6,8H2. The first-order valence-electron chi connectivity index (χ1n) is 7.18. The van der Waals surface area contributed by atoms with Crippen LogP contribution in [-0.2, 0) is 12.0 Å². The van der Waals surface area contributed by atoms with Crippen molar-refractivity contribution in [3.63, 3.8) is 0 Å². The molecule has 1 fully saturated rings. The minimum absolute atomic E-state index is 0.0442. The van der Waals surface area contributed by atoms with Gasteiger partial charge in [0.1, 0.15) is 5.82 Å². The van der Waals surface area contributed by atoms with E-state index in [1.807, 2.05) is 12.1 Å². The van der Waals surface area contributed by atoms with Crippen LogP contribution in [0.4, 0.5) is 4.39 Å². The van der Waals surface area contributed by atoms with Crippen molar-refractivity contribution in [2.75, 3.05) is 6.54 Å². The van der Waals surface area contributed by atoms with E-state index in [4.69, 9.17) is 11.6 Å². The van der Waals surface area contributed by atoms with Crippen LogP contribution in [0.1, 0.15) is 30.4 Å². The molecule has 0 radical (unpaired) electrons. The number of benzene rings is 1. The molecular weight excluding hydrogens is 275 g/mol. The Labute approximate surface area is 122 Å². The molecule has 2 atom stereocenters. The zero-order valence-corrected chi connectivity index (χ0v) is 11.9. The highest BCUT2D eigenvalue weighted by Crippen LogP contribution is 2.47. The highest BCUT2D eigenvalue weighted by Gasteiger charge is 2.47. The SMILES string of the molecule is Fc1cc2cccnc2c2c1C1(CCCC1Cl)NCC2. The summed E-state index contributed by atoms with van der Waals surface area (Å²) >= 11 is 6.55. The Balaban J connectivity index is 2.05. The summed E-state index contributed by atoms with van der Waals surface area (Å²) in [5, 5.41) is 4.34. The molecule has 2 unspecified atom stereocenters. The lowest BCUT2D eigenvalue weighted by atomic mass is 9.79. The molecule has 0 saturated heterocycles. The number of halogens is 2. The summed E-state index contributed by atoms with van der Waals surface area (Å²) in [6.07, 6.45) is 5.48. The maximum absolute atomic E-state index is 14.7. The Hall–Kier alpha value is -1.19. The van der Waals surface area contributed by atoms with Crippen molar-refractivity contribution in [3.05, 3.63) is 41.3 Å². The number of hydrogen-bond donors (Lipinski definition) is 1. The van der Waals surface area contributed by atoms with Crippen LogP contribution < -0.4 is 5.32 Å². The Morgan fingerprint density at radius 3 is 3.15 bits per heavy atom. The molecule has 4 heteroatoms. The molecule has 2 aromatic rings. The fourth-order valence-electron chi connectivity index (χ4n) is 3.93. The van der Waals surface area contributed by atoms with Gasteiger partial charge in [0.05, 0.1) is 16.4 Å². The lowest BCUT2D eigenvalue weighted by Crippen LogP contribution is -2.51. The summed E-state index contributed by atoms with van der Waals surface area (Å²) in [4.78, 5) is 4.48. The van der Waals surface area contributed by atoms with E-state index in [9.17, 15) is 4.39 Å². The van der Waals surface area contributed by atoms with E-state index in [1.54, 1.807) is 12.3 Å². The van der Waals surface area contributed by atoms with Crippen LogP contribution >= 0.6 is 11.6 Å². The summed E-state index contributed by atoms with van der Waals surface area (Å²) in [6.45, 7) is 0.839. The van der Waals surface area contributed by atoms with Gasteiger partial charge in [0.15, 0.2) is 0 Å². The average Bonchev–Trinajstić information content (AvgIpc) is 2.80. The number of alkyl halides is 1. The number of pyridine rings is 1. The first-order chi connectivity index (χ1) is 9.72. The topological polar surface area (TPSA) is 24.9 Å². The lowest BCUT2D eigenvalue weighted by Gasteiger charge is -2.40. The van der Waals surface area contributed by atoms with Gasteiger partial charge in [-0.15, -0.1) is 11.6 Å². The minimum Gasteiger partial charge on any atom is -0.306 e. The zero-order valence-electron chi connectivity index (χ0n) is 11.1. The molecular formula is C16H16ClFN2. The van der Waals surface area contributed by atoms with E-state index < -0.39 is 5.54 Å². The number of nitrogens with one attached hydrogen (secondary N) is 1. The summed E-state index contributed by atoms with van der Waals surface area (Å²) < 4.78 is 14.7. The van der Waals surface area contributed by atoms with Gasteiger partial charge in [-0.25, -0.2) is 4.39 Å². The van der Waals surface area contributed by atoms with Gasteiger partial charge in [0.25, 0.3) is 0 Å². The van der Waals surface area contributed by atoms with Crippen molar-refractivity contribution >= 4 is 22.5 Å². The molecule has 2 nitrogen and oxygen atoms in total. The number of nitrogens with zero attached hydrogens (tertiary/aromatic N) is 1. The third-order valence-corrected chi connectivity index (χ3v) is 5.36. The fraction of sp³-hybridized carbons (Fsp3) is 0.438. The minimum atomic E-state index is -0.398. The molecule has 1 aromatic carbocycles. The van der Waals surface area contributed by atoms with E-state index in [0.717, 1.165) is 54.3 Å². The zero-order chi connectivity index (χ0) is 13.7. The molecule has 1 aromatic heterocycles. The number of hydrogen-bond acceptors (Lipinski definition) is 2. The third kappa shape index (κ3) is 1.57. The van der Waals surface area contributed by atoms with Crippen molar-refractivity contribution in [1.82, 2.24) is 10.3 Å². The lowest BCUT2D eigenvalue weighted by molar-refractivity contribution is 0.315. The van der Waals surface area contributed by atoms with Gasteiger partial charge in [-0.05, 0) is 43.4 Å².